The van der Waals surface area contributed by atoms with Crippen LogP contribution < -0.4 is 10.6 Å². The minimum absolute atomic E-state index is 0.0388. The van der Waals surface area contributed by atoms with Crippen LogP contribution in [-0.2, 0) is 14.4 Å². The van der Waals surface area contributed by atoms with E-state index in [4.69, 9.17) is 0 Å². The van der Waals surface area contributed by atoms with Crippen LogP contribution in [0.3, 0.4) is 0 Å². The third kappa shape index (κ3) is 6.59. The maximum absolute atomic E-state index is 11.8. The molecule has 3 amide bonds. The van der Waals surface area contributed by atoms with E-state index in [0.717, 1.165) is 32.2 Å². The maximum Gasteiger partial charge on any atom is 0.222 e. The van der Waals surface area contributed by atoms with E-state index in [-0.39, 0.29) is 17.7 Å². The molecule has 6 nitrogen and oxygen atoms in total. The number of nitrogens with one attached hydrogen (secondary N) is 2. The van der Waals surface area contributed by atoms with E-state index in [2.05, 4.69) is 10.6 Å². The van der Waals surface area contributed by atoms with Gasteiger partial charge in [0.15, 0.2) is 0 Å². The highest BCUT2D eigenvalue weighted by atomic mass is 16.2. The third-order valence-electron chi connectivity index (χ3n) is 4.65. The number of carbonyl (C=O) groups excluding carboxylic acids is 3. The van der Waals surface area contributed by atoms with Gasteiger partial charge in [0.1, 0.15) is 0 Å². The molecule has 0 radical (unpaired) electrons. The first-order chi connectivity index (χ1) is 11.1. The van der Waals surface area contributed by atoms with Gasteiger partial charge in [-0.1, -0.05) is 12.8 Å². The summed E-state index contributed by atoms with van der Waals surface area (Å²) in [6.07, 6.45) is 8.58. The van der Waals surface area contributed by atoms with Crippen molar-refractivity contribution in [2.24, 2.45) is 0 Å². The monoisotopic (exact) mass is 323 g/mol. The van der Waals surface area contributed by atoms with Crippen LogP contribution in [0.15, 0.2) is 0 Å². The number of amides is 3. The molecule has 2 aliphatic rings. The fourth-order valence-corrected chi connectivity index (χ4v) is 3.30. The van der Waals surface area contributed by atoms with Crippen molar-refractivity contribution in [1.29, 1.82) is 0 Å². The van der Waals surface area contributed by atoms with Crippen molar-refractivity contribution in [3.8, 4) is 0 Å². The summed E-state index contributed by atoms with van der Waals surface area (Å²) in [5.74, 6) is 0.209. The van der Waals surface area contributed by atoms with Crippen molar-refractivity contribution in [2.45, 2.75) is 70.3 Å². The lowest BCUT2D eigenvalue weighted by molar-refractivity contribution is -0.133. The zero-order valence-corrected chi connectivity index (χ0v) is 13.9. The first-order valence-corrected chi connectivity index (χ1v) is 8.99. The second-order valence-corrected chi connectivity index (χ2v) is 6.59. The third-order valence-corrected chi connectivity index (χ3v) is 4.65. The van der Waals surface area contributed by atoms with Crippen LogP contribution in [0.25, 0.3) is 0 Å². The molecule has 0 aromatic rings. The molecule has 1 aliphatic carbocycles. The van der Waals surface area contributed by atoms with Crippen LogP contribution in [-0.4, -0.2) is 48.3 Å². The second-order valence-electron chi connectivity index (χ2n) is 6.59. The molecule has 1 heterocycles. The number of nitrogens with zero attached hydrogens (tertiary/aromatic N) is 1. The first kappa shape index (κ1) is 17.8. The predicted octanol–water partition coefficient (Wildman–Crippen LogP) is 1.34. The van der Waals surface area contributed by atoms with E-state index >= 15 is 0 Å². The summed E-state index contributed by atoms with van der Waals surface area (Å²) in [4.78, 5) is 36.9. The maximum atomic E-state index is 11.8. The number of likely N-dealkylation sites (tertiary alicyclic amines) is 1. The minimum Gasteiger partial charge on any atom is -0.354 e. The number of hydrogen-bond acceptors (Lipinski definition) is 3. The fraction of sp³-hybridized carbons (Fsp3) is 0.824. The smallest absolute Gasteiger partial charge is 0.222 e. The van der Waals surface area contributed by atoms with Crippen molar-refractivity contribution < 1.29 is 14.4 Å². The van der Waals surface area contributed by atoms with Gasteiger partial charge >= 0.3 is 0 Å². The summed E-state index contributed by atoms with van der Waals surface area (Å²) >= 11 is 0. The van der Waals surface area contributed by atoms with Crippen molar-refractivity contribution >= 4 is 17.7 Å². The molecule has 0 bridgehead atoms. The average molecular weight is 323 g/mol. The van der Waals surface area contributed by atoms with Crippen LogP contribution in [0, 0.1) is 0 Å². The average Bonchev–Trinajstić information content (AvgIpc) is 3.02. The Morgan fingerprint density at radius 3 is 2.52 bits per heavy atom. The quantitative estimate of drug-likeness (QED) is 0.707. The Bertz CT molecular complexity index is 419. The van der Waals surface area contributed by atoms with E-state index in [1.165, 1.54) is 12.8 Å². The van der Waals surface area contributed by atoms with E-state index < -0.39 is 0 Å². The molecule has 1 saturated carbocycles. The van der Waals surface area contributed by atoms with Crippen LogP contribution >= 0.6 is 0 Å². The lowest BCUT2D eigenvalue weighted by Gasteiger charge is -2.26. The lowest BCUT2D eigenvalue weighted by Crippen LogP contribution is -2.41. The molecule has 2 fully saturated rings. The van der Waals surface area contributed by atoms with Gasteiger partial charge in [-0.05, 0) is 32.1 Å². The normalized spacial score (nSPS) is 19.0. The molecule has 6 heteroatoms. The molecule has 2 rings (SSSR count). The summed E-state index contributed by atoms with van der Waals surface area (Å²) in [6.45, 7) is 1.89. The molecule has 2 N–H and O–H groups in total. The Morgan fingerprint density at radius 2 is 1.78 bits per heavy atom. The van der Waals surface area contributed by atoms with Gasteiger partial charge in [-0.2, -0.15) is 0 Å². The molecule has 0 aromatic carbocycles. The molecule has 130 valence electrons. The zero-order valence-electron chi connectivity index (χ0n) is 13.9. The van der Waals surface area contributed by atoms with Crippen LogP contribution in [0.1, 0.15) is 64.2 Å². The lowest BCUT2D eigenvalue weighted by atomic mass is 10.1. The Balaban J connectivity index is 1.49. The highest BCUT2D eigenvalue weighted by Gasteiger charge is 2.18. The standard InChI is InChI=1S/C17H29N3O3/c21-15(18-11-13-20-12-4-3-10-17(20)23)8-5-9-16(22)19-14-6-1-2-7-14/h14H,1-13H2,(H,18,21)(H,19,22). The summed E-state index contributed by atoms with van der Waals surface area (Å²) < 4.78 is 0. The highest BCUT2D eigenvalue weighted by molar-refractivity contribution is 5.79. The van der Waals surface area contributed by atoms with Crippen LogP contribution in [0.4, 0.5) is 0 Å². The molecule has 0 unspecified atom stereocenters. The van der Waals surface area contributed by atoms with Gasteiger partial charge in [0.25, 0.3) is 0 Å². The van der Waals surface area contributed by atoms with E-state index in [1.807, 2.05) is 4.90 Å². The molecule has 0 aromatic heterocycles. The molecule has 0 atom stereocenters. The fourth-order valence-electron chi connectivity index (χ4n) is 3.30. The highest BCUT2D eigenvalue weighted by Crippen LogP contribution is 2.17. The SMILES string of the molecule is O=C(CCCC(=O)NC1CCCC1)NCCN1CCCCC1=O. The van der Waals surface area contributed by atoms with Gasteiger partial charge < -0.3 is 15.5 Å². The van der Waals surface area contributed by atoms with Crippen molar-refractivity contribution in [1.82, 2.24) is 15.5 Å². The number of rotatable bonds is 8. The van der Waals surface area contributed by atoms with Gasteiger partial charge in [0.2, 0.25) is 17.7 Å². The van der Waals surface area contributed by atoms with Crippen molar-refractivity contribution in [2.75, 3.05) is 19.6 Å². The molecular formula is C17H29N3O3. The number of piperidine rings is 1. The molecule has 1 aliphatic heterocycles. The summed E-state index contributed by atoms with van der Waals surface area (Å²) in [5.41, 5.74) is 0. The van der Waals surface area contributed by atoms with Gasteiger partial charge in [0, 0.05) is 44.9 Å². The van der Waals surface area contributed by atoms with E-state index in [1.54, 1.807) is 0 Å². The largest absolute Gasteiger partial charge is 0.354 e. The Hall–Kier alpha value is -1.59. The number of carbonyl (C=O) groups is 3. The Morgan fingerprint density at radius 1 is 1.04 bits per heavy atom. The van der Waals surface area contributed by atoms with Gasteiger partial charge in [0.05, 0.1) is 0 Å². The van der Waals surface area contributed by atoms with Gasteiger partial charge in [-0.25, -0.2) is 0 Å². The Labute approximate surface area is 138 Å². The Kier molecular flexibility index (Phi) is 7.36. The molecular weight excluding hydrogens is 294 g/mol. The van der Waals surface area contributed by atoms with Gasteiger partial charge in [-0.3, -0.25) is 14.4 Å². The zero-order chi connectivity index (χ0) is 16.5. The second kappa shape index (κ2) is 9.53. The van der Waals surface area contributed by atoms with Crippen molar-refractivity contribution in [3.63, 3.8) is 0 Å². The topological polar surface area (TPSA) is 78.5 Å². The first-order valence-electron chi connectivity index (χ1n) is 8.99. The molecule has 1 saturated heterocycles. The van der Waals surface area contributed by atoms with E-state index in [0.29, 0.717) is 44.8 Å². The summed E-state index contributed by atoms with van der Waals surface area (Å²) in [5, 5.41) is 5.86. The molecule has 23 heavy (non-hydrogen) atoms. The molecule has 0 spiro atoms. The number of hydrogen-bond donors (Lipinski definition) is 2. The summed E-state index contributed by atoms with van der Waals surface area (Å²) in [6, 6.07) is 0.346. The summed E-state index contributed by atoms with van der Waals surface area (Å²) in [7, 11) is 0. The minimum atomic E-state index is -0.0388. The van der Waals surface area contributed by atoms with Crippen LogP contribution in [0.5, 0.6) is 0 Å². The van der Waals surface area contributed by atoms with E-state index in [9.17, 15) is 14.4 Å². The predicted molar refractivity (Wildman–Crippen MR) is 87.7 cm³/mol. The van der Waals surface area contributed by atoms with Crippen molar-refractivity contribution in [3.05, 3.63) is 0 Å². The van der Waals surface area contributed by atoms with Gasteiger partial charge in [-0.15, -0.1) is 0 Å². The van der Waals surface area contributed by atoms with Crippen LogP contribution in [0.2, 0.25) is 0 Å².